The zero-order chi connectivity index (χ0) is 15.9. The average molecular weight is 301 g/mol. The Bertz CT molecular complexity index is 611. The quantitative estimate of drug-likeness (QED) is 0.764. The molecule has 0 aliphatic carbocycles. The van der Waals surface area contributed by atoms with Crippen LogP contribution < -0.4 is 4.90 Å². The Balaban J connectivity index is 2.32. The van der Waals surface area contributed by atoms with E-state index in [0.717, 1.165) is 0 Å². The highest BCUT2D eigenvalue weighted by atomic mass is 16.5. The number of carbonyl (C=O) groups is 2. The Hall–Kier alpha value is -2.63. The fraction of sp³-hybridized carbons (Fsp3) is 0.312. The van der Waals surface area contributed by atoms with E-state index in [0.29, 0.717) is 12.1 Å². The Morgan fingerprint density at radius 3 is 2.55 bits per heavy atom. The molecule has 1 aromatic heterocycles. The van der Waals surface area contributed by atoms with E-state index in [2.05, 4.69) is 5.10 Å². The number of benzene rings is 1. The maximum Gasteiger partial charge on any atom is 0.328 e. The van der Waals surface area contributed by atoms with Crippen molar-refractivity contribution in [1.82, 2.24) is 9.78 Å². The van der Waals surface area contributed by atoms with E-state index in [1.807, 2.05) is 25.1 Å². The van der Waals surface area contributed by atoms with E-state index in [1.165, 1.54) is 16.7 Å². The molecule has 6 heteroatoms. The minimum atomic E-state index is -0.657. The predicted octanol–water partition coefficient (Wildman–Crippen LogP) is 1.87. The maximum absolute atomic E-state index is 12.7. The van der Waals surface area contributed by atoms with Crippen LogP contribution in [0.3, 0.4) is 0 Å². The van der Waals surface area contributed by atoms with Gasteiger partial charge in [-0.1, -0.05) is 25.1 Å². The highest BCUT2D eigenvalue weighted by molar-refractivity contribution is 5.99. The van der Waals surface area contributed by atoms with Crippen LogP contribution in [0.2, 0.25) is 0 Å². The third-order valence-electron chi connectivity index (χ3n) is 3.33. The minimum absolute atomic E-state index is 0.0649. The normalized spacial score (nSPS) is 11.7. The monoisotopic (exact) mass is 301 g/mol. The molecule has 0 bridgehead atoms. The molecular weight excluding hydrogens is 282 g/mol. The third kappa shape index (κ3) is 3.52. The lowest BCUT2D eigenvalue weighted by atomic mass is 10.1. The van der Waals surface area contributed by atoms with Crippen molar-refractivity contribution in [1.29, 1.82) is 0 Å². The Morgan fingerprint density at radius 2 is 2.00 bits per heavy atom. The van der Waals surface area contributed by atoms with Crippen molar-refractivity contribution in [3.05, 3.63) is 48.8 Å². The van der Waals surface area contributed by atoms with Crippen molar-refractivity contribution in [2.45, 2.75) is 25.9 Å². The number of amides is 1. The largest absolute Gasteiger partial charge is 0.467 e. The summed E-state index contributed by atoms with van der Waals surface area (Å²) in [5, 5.41) is 4.04. The van der Waals surface area contributed by atoms with Crippen LogP contribution in [0.25, 0.3) is 0 Å². The molecule has 0 unspecified atom stereocenters. The first-order valence-corrected chi connectivity index (χ1v) is 7.09. The van der Waals surface area contributed by atoms with Crippen molar-refractivity contribution in [2.75, 3.05) is 12.0 Å². The van der Waals surface area contributed by atoms with Crippen molar-refractivity contribution in [3.8, 4) is 0 Å². The van der Waals surface area contributed by atoms with Crippen LogP contribution in [0.5, 0.6) is 0 Å². The molecule has 1 aromatic carbocycles. The number of methoxy groups -OCH3 is 1. The first kappa shape index (κ1) is 15.8. The SMILES string of the molecule is CC[C@H](C(=O)OC)N(C(=O)Cn1cccn1)c1ccccc1. The maximum atomic E-state index is 12.7. The van der Waals surface area contributed by atoms with Gasteiger partial charge in [-0.3, -0.25) is 14.4 Å². The molecule has 0 saturated heterocycles. The molecule has 0 radical (unpaired) electrons. The second-order valence-electron chi connectivity index (χ2n) is 4.75. The minimum Gasteiger partial charge on any atom is -0.467 e. The average Bonchev–Trinajstić information content (AvgIpc) is 3.05. The van der Waals surface area contributed by atoms with Crippen LogP contribution in [-0.4, -0.2) is 34.8 Å². The fourth-order valence-corrected chi connectivity index (χ4v) is 2.29. The summed E-state index contributed by atoms with van der Waals surface area (Å²) in [6.45, 7) is 1.91. The van der Waals surface area contributed by atoms with Gasteiger partial charge in [0.2, 0.25) is 5.91 Å². The summed E-state index contributed by atoms with van der Waals surface area (Å²) >= 11 is 0. The zero-order valence-electron chi connectivity index (χ0n) is 12.7. The van der Waals surface area contributed by atoms with E-state index in [1.54, 1.807) is 30.6 Å². The van der Waals surface area contributed by atoms with Crippen LogP contribution in [-0.2, 0) is 20.9 Å². The second-order valence-corrected chi connectivity index (χ2v) is 4.75. The van der Waals surface area contributed by atoms with Gasteiger partial charge in [-0.15, -0.1) is 0 Å². The molecule has 1 heterocycles. The van der Waals surface area contributed by atoms with Crippen LogP contribution in [0.4, 0.5) is 5.69 Å². The summed E-state index contributed by atoms with van der Waals surface area (Å²) in [6.07, 6.45) is 3.78. The number of esters is 1. The second kappa shape index (κ2) is 7.40. The number of para-hydroxylation sites is 1. The number of carbonyl (C=O) groups excluding carboxylic acids is 2. The zero-order valence-corrected chi connectivity index (χ0v) is 12.7. The van der Waals surface area contributed by atoms with Gasteiger partial charge in [0.1, 0.15) is 12.6 Å². The van der Waals surface area contributed by atoms with Gasteiger partial charge in [0.05, 0.1) is 7.11 Å². The number of hydrogen-bond acceptors (Lipinski definition) is 4. The summed E-state index contributed by atoms with van der Waals surface area (Å²) in [6, 6.07) is 10.2. The molecule has 0 N–H and O–H groups in total. The van der Waals surface area contributed by atoms with Gasteiger partial charge in [0, 0.05) is 18.1 Å². The lowest BCUT2D eigenvalue weighted by molar-refractivity contribution is -0.143. The summed E-state index contributed by atoms with van der Waals surface area (Å²) < 4.78 is 6.37. The van der Waals surface area contributed by atoms with Crippen LogP contribution in [0.1, 0.15) is 13.3 Å². The number of nitrogens with zero attached hydrogens (tertiary/aromatic N) is 3. The van der Waals surface area contributed by atoms with Crippen LogP contribution in [0, 0.1) is 0 Å². The topological polar surface area (TPSA) is 64.4 Å². The van der Waals surface area contributed by atoms with Gasteiger partial charge in [0.25, 0.3) is 0 Å². The Morgan fingerprint density at radius 1 is 1.27 bits per heavy atom. The summed E-state index contributed by atoms with van der Waals surface area (Å²) in [4.78, 5) is 26.2. The number of ether oxygens (including phenoxy) is 1. The number of rotatable bonds is 6. The van der Waals surface area contributed by atoms with Gasteiger partial charge >= 0.3 is 5.97 Å². The molecule has 6 nitrogen and oxygen atoms in total. The van der Waals surface area contributed by atoms with Gasteiger partial charge in [-0.2, -0.15) is 5.10 Å². The Labute approximate surface area is 129 Å². The Kier molecular flexibility index (Phi) is 5.30. The summed E-state index contributed by atoms with van der Waals surface area (Å²) in [7, 11) is 1.33. The predicted molar refractivity (Wildman–Crippen MR) is 82.3 cm³/mol. The third-order valence-corrected chi connectivity index (χ3v) is 3.33. The van der Waals surface area contributed by atoms with Crippen molar-refractivity contribution in [3.63, 3.8) is 0 Å². The molecule has 22 heavy (non-hydrogen) atoms. The summed E-state index contributed by atoms with van der Waals surface area (Å²) in [5.41, 5.74) is 0.664. The van der Waals surface area contributed by atoms with Gasteiger partial charge in [-0.05, 0) is 24.6 Å². The lowest BCUT2D eigenvalue weighted by Crippen LogP contribution is -2.47. The summed E-state index contributed by atoms with van der Waals surface area (Å²) in [5.74, 6) is -0.646. The molecule has 0 saturated carbocycles. The molecule has 116 valence electrons. The lowest BCUT2D eigenvalue weighted by Gasteiger charge is -2.29. The molecule has 2 aromatic rings. The smallest absolute Gasteiger partial charge is 0.328 e. The van der Waals surface area contributed by atoms with Crippen molar-refractivity contribution >= 4 is 17.6 Å². The van der Waals surface area contributed by atoms with Gasteiger partial charge in [-0.25, -0.2) is 4.79 Å². The molecule has 0 spiro atoms. The first-order valence-electron chi connectivity index (χ1n) is 7.09. The standard InChI is InChI=1S/C16H19N3O3/c1-3-14(16(21)22-2)19(13-8-5-4-6-9-13)15(20)12-18-11-7-10-17-18/h4-11,14H,3,12H2,1-2H3/t14-/m1/s1. The molecule has 0 fully saturated rings. The van der Waals surface area contributed by atoms with Crippen molar-refractivity contribution < 1.29 is 14.3 Å². The number of aromatic nitrogens is 2. The molecule has 0 aliphatic rings. The van der Waals surface area contributed by atoms with Gasteiger partial charge < -0.3 is 4.74 Å². The van der Waals surface area contributed by atoms with Gasteiger partial charge in [0.15, 0.2) is 0 Å². The first-order chi connectivity index (χ1) is 10.7. The molecule has 1 amide bonds. The molecule has 2 rings (SSSR count). The van der Waals surface area contributed by atoms with Crippen LogP contribution >= 0.6 is 0 Å². The van der Waals surface area contributed by atoms with Crippen LogP contribution in [0.15, 0.2) is 48.8 Å². The van der Waals surface area contributed by atoms with E-state index in [4.69, 9.17) is 4.74 Å². The highest BCUT2D eigenvalue weighted by Gasteiger charge is 2.30. The molecular formula is C16H19N3O3. The van der Waals surface area contributed by atoms with E-state index in [9.17, 15) is 9.59 Å². The van der Waals surface area contributed by atoms with E-state index >= 15 is 0 Å². The van der Waals surface area contributed by atoms with Crippen molar-refractivity contribution in [2.24, 2.45) is 0 Å². The highest BCUT2D eigenvalue weighted by Crippen LogP contribution is 2.20. The van der Waals surface area contributed by atoms with E-state index < -0.39 is 12.0 Å². The fourth-order valence-electron chi connectivity index (χ4n) is 2.29. The number of hydrogen-bond donors (Lipinski definition) is 0. The van der Waals surface area contributed by atoms with E-state index in [-0.39, 0.29) is 12.5 Å². The molecule has 0 aliphatic heterocycles. The molecule has 1 atom stereocenters. The number of anilines is 1.